The minimum atomic E-state index is 0.677. The first kappa shape index (κ1) is 32.3. The average molecular weight is 703 g/mol. The van der Waals surface area contributed by atoms with Crippen LogP contribution in [0.4, 0.5) is 0 Å². The van der Waals surface area contributed by atoms with Crippen LogP contribution in [0.5, 0.6) is 0 Å². The second-order valence-electron chi connectivity index (χ2n) is 13.8. The summed E-state index contributed by atoms with van der Waals surface area (Å²) in [6, 6.07) is 72.2. The zero-order valence-corrected chi connectivity index (χ0v) is 29.9. The first-order chi connectivity index (χ1) is 27.2. The van der Waals surface area contributed by atoms with Crippen LogP contribution in [-0.2, 0) is 0 Å². The molecule has 258 valence electrons. The van der Waals surface area contributed by atoms with E-state index in [-0.39, 0.29) is 0 Å². The smallest absolute Gasteiger partial charge is 0.161 e. The number of rotatable bonds is 7. The summed E-state index contributed by atoms with van der Waals surface area (Å²) in [6.45, 7) is 0. The van der Waals surface area contributed by atoms with E-state index in [4.69, 9.17) is 14.4 Å². The van der Waals surface area contributed by atoms with E-state index in [2.05, 4.69) is 182 Å². The molecule has 0 N–H and O–H groups in total. The maximum Gasteiger partial charge on any atom is 0.161 e. The second kappa shape index (κ2) is 13.9. The number of para-hydroxylation sites is 1. The van der Waals surface area contributed by atoms with Crippen molar-refractivity contribution in [2.75, 3.05) is 0 Å². The lowest BCUT2D eigenvalue weighted by Gasteiger charge is -2.16. The first-order valence-electron chi connectivity index (χ1n) is 18.6. The highest BCUT2D eigenvalue weighted by atomic mass is 16.3. The number of hydrogen-bond acceptors (Lipinski definition) is 3. The van der Waals surface area contributed by atoms with Gasteiger partial charge in [0.1, 0.15) is 11.2 Å². The standard InChI is InChI=1S/C52H34N2O/c1-4-16-35(17-5-1)42-22-10-11-24-44(42)40-30-39(38-28-29-46-45-25-14-15-27-50(45)55-51(46)33-38)31-41(32-40)49-34-48(37-20-8-3-9-21-37)53-52(54-49)47-26-13-12-23-43(47)36-18-6-2-7-19-36/h1-34H. The van der Waals surface area contributed by atoms with E-state index in [1.54, 1.807) is 0 Å². The zero-order valence-electron chi connectivity index (χ0n) is 29.9. The monoisotopic (exact) mass is 702 g/mol. The van der Waals surface area contributed by atoms with Gasteiger partial charge in [0, 0.05) is 27.5 Å². The summed E-state index contributed by atoms with van der Waals surface area (Å²) >= 11 is 0. The van der Waals surface area contributed by atoms with Crippen LogP contribution in [0, 0.1) is 0 Å². The van der Waals surface area contributed by atoms with E-state index in [1.807, 2.05) is 24.3 Å². The van der Waals surface area contributed by atoms with Gasteiger partial charge >= 0.3 is 0 Å². The third-order valence-electron chi connectivity index (χ3n) is 10.3. The van der Waals surface area contributed by atoms with Crippen LogP contribution in [0.1, 0.15) is 0 Å². The van der Waals surface area contributed by atoms with Crippen molar-refractivity contribution < 1.29 is 4.42 Å². The van der Waals surface area contributed by atoms with Crippen molar-refractivity contribution in [2.24, 2.45) is 0 Å². The van der Waals surface area contributed by atoms with E-state index in [0.717, 1.165) is 83.4 Å². The van der Waals surface area contributed by atoms with Crippen molar-refractivity contribution in [1.82, 2.24) is 9.97 Å². The molecule has 55 heavy (non-hydrogen) atoms. The molecule has 10 aromatic rings. The van der Waals surface area contributed by atoms with Gasteiger partial charge in [0.05, 0.1) is 11.4 Å². The Hall–Kier alpha value is -7.36. The molecule has 3 nitrogen and oxygen atoms in total. The third-order valence-corrected chi connectivity index (χ3v) is 10.3. The molecule has 0 aliphatic carbocycles. The van der Waals surface area contributed by atoms with Gasteiger partial charge in [0.25, 0.3) is 0 Å². The quantitative estimate of drug-likeness (QED) is 0.166. The Morgan fingerprint density at radius 2 is 0.745 bits per heavy atom. The molecule has 0 fully saturated rings. The summed E-state index contributed by atoms with van der Waals surface area (Å²) in [4.78, 5) is 10.6. The lowest BCUT2D eigenvalue weighted by Crippen LogP contribution is -1.98. The number of furan rings is 1. The molecule has 0 saturated carbocycles. The molecule has 0 atom stereocenters. The fraction of sp³-hybridized carbons (Fsp3) is 0. The summed E-state index contributed by atoms with van der Waals surface area (Å²) in [5.41, 5.74) is 15.4. The van der Waals surface area contributed by atoms with Crippen molar-refractivity contribution in [2.45, 2.75) is 0 Å². The maximum absolute atomic E-state index is 6.38. The van der Waals surface area contributed by atoms with E-state index in [1.165, 1.54) is 11.1 Å². The van der Waals surface area contributed by atoms with Crippen molar-refractivity contribution >= 4 is 21.9 Å². The Bertz CT molecular complexity index is 2970. The molecule has 10 rings (SSSR count). The Labute approximate surface area is 319 Å². The lowest BCUT2D eigenvalue weighted by molar-refractivity contribution is 0.669. The fourth-order valence-corrected chi connectivity index (χ4v) is 7.63. The van der Waals surface area contributed by atoms with Crippen LogP contribution in [0.15, 0.2) is 211 Å². The fourth-order valence-electron chi connectivity index (χ4n) is 7.63. The summed E-state index contributed by atoms with van der Waals surface area (Å²) in [5.74, 6) is 0.677. The van der Waals surface area contributed by atoms with Gasteiger partial charge < -0.3 is 4.42 Å². The molecule has 3 heteroatoms. The largest absolute Gasteiger partial charge is 0.456 e. The van der Waals surface area contributed by atoms with Gasteiger partial charge in [-0.15, -0.1) is 0 Å². The highest BCUT2D eigenvalue weighted by molar-refractivity contribution is 6.06. The minimum absolute atomic E-state index is 0.677. The molecule has 0 bridgehead atoms. The molecule has 0 amide bonds. The minimum Gasteiger partial charge on any atom is -0.456 e. The van der Waals surface area contributed by atoms with Crippen LogP contribution in [0.2, 0.25) is 0 Å². The highest BCUT2D eigenvalue weighted by Crippen LogP contribution is 2.40. The number of aromatic nitrogens is 2. The highest BCUT2D eigenvalue weighted by Gasteiger charge is 2.18. The van der Waals surface area contributed by atoms with Gasteiger partial charge in [-0.2, -0.15) is 0 Å². The number of benzene rings is 8. The Morgan fingerprint density at radius 3 is 1.42 bits per heavy atom. The lowest BCUT2D eigenvalue weighted by atomic mass is 9.90. The van der Waals surface area contributed by atoms with Gasteiger partial charge in [-0.1, -0.05) is 164 Å². The van der Waals surface area contributed by atoms with Crippen LogP contribution in [0.3, 0.4) is 0 Å². The van der Waals surface area contributed by atoms with Crippen molar-refractivity contribution in [3.05, 3.63) is 206 Å². The third kappa shape index (κ3) is 6.18. The Kier molecular flexibility index (Phi) is 8.16. The maximum atomic E-state index is 6.38. The molecule has 0 radical (unpaired) electrons. The molecule has 0 spiro atoms. The molecule has 2 aromatic heterocycles. The number of fused-ring (bicyclic) bond motifs is 3. The molecule has 0 saturated heterocycles. The van der Waals surface area contributed by atoms with Crippen LogP contribution in [-0.4, -0.2) is 9.97 Å². The van der Waals surface area contributed by atoms with Gasteiger partial charge in [-0.25, -0.2) is 9.97 Å². The van der Waals surface area contributed by atoms with Crippen molar-refractivity contribution in [1.29, 1.82) is 0 Å². The van der Waals surface area contributed by atoms with E-state index in [0.29, 0.717) is 5.82 Å². The predicted molar refractivity (Wildman–Crippen MR) is 227 cm³/mol. The van der Waals surface area contributed by atoms with Gasteiger partial charge in [0.2, 0.25) is 0 Å². The zero-order chi connectivity index (χ0) is 36.6. The van der Waals surface area contributed by atoms with Crippen molar-refractivity contribution in [3.63, 3.8) is 0 Å². The summed E-state index contributed by atoms with van der Waals surface area (Å²) in [7, 11) is 0. The Balaban J connectivity index is 1.22. The molecule has 0 aliphatic rings. The van der Waals surface area contributed by atoms with E-state index < -0.39 is 0 Å². The Morgan fingerprint density at radius 1 is 0.273 bits per heavy atom. The SMILES string of the molecule is c1ccc(-c2cc(-c3cc(-c4ccc5c(c4)oc4ccccc45)cc(-c4ccccc4-c4ccccc4)c3)nc(-c3ccccc3-c3ccccc3)n2)cc1. The molecule has 0 unspecified atom stereocenters. The molecule has 2 heterocycles. The second-order valence-corrected chi connectivity index (χ2v) is 13.8. The molecule has 0 aliphatic heterocycles. The van der Waals surface area contributed by atoms with Crippen LogP contribution in [0.25, 0.3) is 100 Å². The van der Waals surface area contributed by atoms with E-state index >= 15 is 0 Å². The van der Waals surface area contributed by atoms with Crippen LogP contribution >= 0.6 is 0 Å². The molecule has 8 aromatic carbocycles. The van der Waals surface area contributed by atoms with Crippen LogP contribution < -0.4 is 0 Å². The predicted octanol–water partition coefficient (Wildman–Crippen LogP) is 14.0. The van der Waals surface area contributed by atoms with Gasteiger partial charge in [-0.3, -0.25) is 0 Å². The van der Waals surface area contributed by atoms with Crippen molar-refractivity contribution in [3.8, 4) is 78.4 Å². The molecular formula is C52H34N2O. The summed E-state index contributed by atoms with van der Waals surface area (Å²) < 4.78 is 6.38. The topological polar surface area (TPSA) is 38.9 Å². The number of hydrogen-bond donors (Lipinski definition) is 0. The molecular weight excluding hydrogens is 669 g/mol. The summed E-state index contributed by atoms with van der Waals surface area (Å²) in [6.07, 6.45) is 0. The van der Waals surface area contributed by atoms with Gasteiger partial charge in [0.15, 0.2) is 5.82 Å². The summed E-state index contributed by atoms with van der Waals surface area (Å²) in [5, 5.41) is 2.23. The average Bonchev–Trinajstić information content (AvgIpc) is 3.65. The number of nitrogens with zero attached hydrogens (tertiary/aromatic N) is 2. The first-order valence-corrected chi connectivity index (χ1v) is 18.6. The normalized spacial score (nSPS) is 11.3. The van der Waals surface area contributed by atoms with E-state index in [9.17, 15) is 0 Å². The van der Waals surface area contributed by atoms with Gasteiger partial charge in [-0.05, 0) is 87.0 Å².